The molecule has 4 nitrogen and oxygen atoms in total. The third-order valence-electron chi connectivity index (χ3n) is 2.44. The molecular formula is C12H12N3Na2OS2+. The summed E-state index contributed by atoms with van der Waals surface area (Å²) >= 11 is 0. The van der Waals surface area contributed by atoms with E-state index in [1.54, 1.807) is 30.3 Å². The third kappa shape index (κ3) is 4.68. The molecular weight excluding hydrogens is 312 g/mol. The van der Waals surface area contributed by atoms with Gasteiger partial charge in [0.05, 0.1) is 22.1 Å². The Morgan fingerprint density at radius 3 is 1.95 bits per heavy atom. The van der Waals surface area contributed by atoms with E-state index in [0.717, 1.165) is 16.6 Å². The summed E-state index contributed by atoms with van der Waals surface area (Å²) in [6.45, 7) is 0. The Hall–Kier alpha value is 0.340. The predicted octanol–water partition coefficient (Wildman–Crippen LogP) is -4.08. The number of hydrogen-bond donors (Lipinski definition) is 2. The number of anilines is 1. The second-order valence-corrected chi connectivity index (χ2v) is 3.64. The second-order valence-electron chi connectivity index (χ2n) is 3.64. The van der Waals surface area contributed by atoms with Crippen molar-refractivity contribution in [3.8, 4) is 5.75 Å². The molecule has 3 rings (SSSR count). The maximum atomic E-state index is 9.36. The number of fused-ring (bicyclic) bond motifs is 2. The molecule has 0 atom stereocenters. The van der Waals surface area contributed by atoms with Gasteiger partial charge < -0.3 is 24.3 Å². The van der Waals surface area contributed by atoms with Gasteiger partial charge in [-0.1, -0.05) is 0 Å². The van der Waals surface area contributed by atoms with Gasteiger partial charge in [0, 0.05) is 11.8 Å². The first-order valence-electron chi connectivity index (χ1n) is 4.88. The topological polar surface area (TPSA) is 72.0 Å². The standard InChI is InChI=1S/C12H9N3O.2Na.2H2S/c13-7-1-3-9-11(5-7)15-12-6-8(16)2-4-10(12)14-9;;;;/h1-6,16H,13H2;;;2*1H2/q;2*+1;;/p-1. The molecule has 0 fully saturated rings. The van der Waals surface area contributed by atoms with Crippen LogP contribution in [0, 0.1) is 0 Å². The Morgan fingerprint density at radius 1 is 0.800 bits per heavy atom. The van der Waals surface area contributed by atoms with Crippen molar-refractivity contribution in [2.24, 2.45) is 0 Å². The van der Waals surface area contributed by atoms with Gasteiger partial charge in [-0.3, -0.25) is 0 Å². The van der Waals surface area contributed by atoms with Gasteiger partial charge in [-0.25, -0.2) is 9.97 Å². The SMILES string of the molecule is Nc1ccc2nc3ccc(O)cc3nc2c1.S.[Na+].[Na+].[SH-]. The van der Waals surface area contributed by atoms with Crippen molar-refractivity contribution in [2.75, 3.05) is 5.73 Å². The minimum atomic E-state index is 0. The van der Waals surface area contributed by atoms with Gasteiger partial charge >= 0.3 is 59.1 Å². The Morgan fingerprint density at radius 2 is 1.30 bits per heavy atom. The average molecular weight is 324 g/mol. The van der Waals surface area contributed by atoms with E-state index in [4.69, 9.17) is 5.73 Å². The van der Waals surface area contributed by atoms with Crippen molar-refractivity contribution in [2.45, 2.75) is 0 Å². The molecule has 3 aromatic rings. The fourth-order valence-electron chi connectivity index (χ4n) is 1.68. The van der Waals surface area contributed by atoms with Crippen molar-refractivity contribution in [1.82, 2.24) is 9.97 Å². The van der Waals surface area contributed by atoms with E-state index in [1.165, 1.54) is 0 Å². The van der Waals surface area contributed by atoms with Gasteiger partial charge in [0.2, 0.25) is 0 Å². The molecule has 1 aromatic heterocycles. The minimum absolute atomic E-state index is 0. The fourth-order valence-corrected chi connectivity index (χ4v) is 1.68. The second kappa shape index (κ2) is 9.38. The van der Waals surface area contributed by atoms with Crippen LogP contribution in [-0.4, -0.2) is 15.1 Å². The summed E-state index contributed by atoms with van der Waals surface area (Å²) in [6.07, 6.45) is 0. The van der Waals surface area contributed by atoms with E-state index in [2.05, 4.69) is 9.97 Å². The molecule has 0 saturated carbocycles. The number of thiol groups is 1. The van der Waals surface area contributed by atoms with Crippen LogP contribution in [0.15, 0.2) is 36.4 Å². The summed E-state index contributed by atoms with van der Waals surface area (Å²) in [5.74, 6) is 0.185. The molecule has 2 aromatic carbocycles. The monoisotopic (exact) mass is 324 g/mol. The number of aromatic hydroxyl groups is 1. The van der Waals surface area contributed by atoms with E-state index in [0.29, 0.717) is 11.2 Å². The van der Waals surface area contributed by atoms with Gasteiger partial charge in [0.15, 0.2) is 0 Å². The van der Waals surface area contributed by atoms with Gasteiger partial charge in [-0.2, -0.15) is 13.5 Å². The minimum Gasteiger partial charge on any atom is -0.813 e. The first-order valence-corrected chi connectivity index (χ1v) is 4.88. The summed E-state index contributed by atoms with van der Waals surface area (Å²) in [4.78, 5) is 8.83. The van der Waals surface area contributed by atoms with Crippen LogP contribution < -0.4 is 64.8 Å². The molecule has 0 unspecified atom stereocenters. The van der Waals surface area contributed by atoms with E-state index in [9.17, 15) is 5.11 Å². The van der Waals surface area contributed by atoms with Crippen molar-refractivity contribution >= 4 is 54.7 Å². The number of benzene rings is 2. The zero-order valence-electron chi connectivity index (χ0n) is 11.3. The zero-order chi connectivity index (χ0) is 11.1. The largest absolute Gasteiger partial charge is 1.00 e. The van der Waals surface area contributed by atoms with Crippen molar-refractivity contribution < 1.29 is 64.2 Å². The quantitative estimate of drug-likeness (QED) is 0.145. The average Bonchev–Trinajstić information content (AvgIpc) is 2.26. The van der Waals surface area contributed by atoms with Crippen LogP contribution in [0.25, 0.3) is 22.1 Å². The van der Waals surface area contributed by atoms with Gasteiger partial charge in [-0.05, 0) is 30.3 Å². The number of phenolic OH excluding ortho intramolecular Hbond substituents is 1. The van der Waals surface area contributed by atoms with E-state index in [1.807, 2.05) is 6.07 Å². The van der Waals surface area contributed by atoms with Crippen LogP contribution in [-0.2, 0) is 13.5 Å². The van der Waals surface area contributed by atoms with Crippen LogP contribution in [0.5, 0.6) is 5.75 Å². The third-order valence-corrected chi connectivity index (χ3v) is 2.44. The van der Waals surface area contributed by atoms with Crippen molar-refractivity contribution in [1.29, 1.82) is 0 Å². The molecule has 0 aliphatic heterocycles. The van der Waals surface area contributed by atoms with Crippen LogP contribution >= 0.6 is 13.5 Å². The molecule has 3 N–H and O–H groups in total. The summed E-state index contributed by atoms with van der Waals surface area (Å²) in [5.41, 5.74) is 9.29. The number of nitrogens with two attached hydrogens (primary N) is 1. The summed E-state index contributed by atoms with van der Waals surface area (Å²) in [5, 5.41) is 9.36. The number of nitrogens with zero attached hydrogens (tertiary/aromatic N) is 2. The summed E-state index contributed by atoms with van der Waals surface area (Å²) < 4.78 is 0. The first kappa shape index (κ1) is 22.6. The number of aromatic nitrogens is 2. The maximum absolute atomic E-state index is 9.36. The zero-order valence-corrected chi connectivity index (χ0v) is 17.2. The molecule has 0 radical (unpaired) electrons. The molecule has 8 heteroatoms. The molecule has 1 heterocycles. The van der Waals surface area contributed by atoms with Crippen LogP contribution in [0.1, 0.15) is 0 Å². The van der Waals surface area contributed by atoms with Gasteiger partial charge in [0.1, 0.15) is 5.75 Å². The van der Waals surface area contributed by atoms with Crippen molar-refractivity contribution in [3.05, 3.63) is 36.4 Å². The Balaban J connectivity index is 0. The molecule has 0 bridgehead atoms. The number of nitrogen functional groups attached to an aromatic ring is 1. The summed E-state index contributed by atoms with van der Waals surface area (Å²) in [7, 11) is 0. The Bertz CT molecular complexity index is 656. The van der Waals surface area contributed by atoms with Crippen LogP contribution in [0.4, 0.5) is 5.69 Å². The predicted molar refractivity (Wildman–Crippen MR) is 82.3 cm³/mol. The summed E-state index contributed by atoms with van der Waals surface area (Å²) in [6, 6.07) is 10.3. The Kier molecular flexibility index (Phi) is 10.6. The molecule has 20 heavy (non-hydrogen) atoms. The fraction of sp³-hybridized carbons (Fsp3) is 0. The molecule has 0 amide bonds. The number of rotatable bonds is 0. The van der Waals surface area contributed by atoms with Gasteiger partial charge in [-0.15, -0.1) is 0 Å². The smallest absolute Gasteiger partial charge is 0.813 e. The Labute approximate surface area is 175 Å². The van der Waals surface area contributed by atoms with Crippen LogP contribution in [0.3, 0.4) is 0 Å². The molecule has 0 saturated heterocycles. The number of hydrogen-bond acceptors (Lipinski definition) is 5. The van der Waals surface area contributed by atoms with Gasteiger partial charge in [0.25, 0.3) is 0 Å². The molecule has 0 aliphatic carbocycles. The van der Waals surface area contributed by atoms with E-state index >= 15 is 0 Å². The van der Waals surface area contributed by atoms with E-state index in [-0.39, 0.29) is 91.9 Å². The van der Waals surface area contributed by atoms with Crippen molar-refractivity contribution in [3.63, 3.8) is 0 Å². The maximum Gasteiger partial charge on any atom is 1.00 e. The molecule has 0 aliphatic rings. The number of phenols is 1. The normalized spacial score (nSPS) is 8.80. The first-order chi connectivity index (χ1) is 7.72. The van der Waals surface area contributed by atoms with Crippen LogP contribution in [0.2, 0.25) is 0 Å². The molecule has 94 valence electrons. The van der Waals surface area contributed by atoms with E-state index < -0.39 is 0 Å². The molecule has 0 spiro atoms.